The standard InChI is InChI=1S/C16H16FN3O3/c17-12-5-3-10(4-6-12)8-11(14(18)21)9-20-16(23)13-2-1-7-19-15(13)22/h1-7,11H,8-9H2,(H2,18,21)(H,19,22)(H,20,23). The van der Waals surface area contributed by atoms with Gasteiger partial charge in [-0.2, -0.15) is 0 Å². The van der Waals surface area contributed by atoms with Crippen LogP contribution in [0.25, 0.3) is 0 Å². The first-order chi connectivity index (χ1) is 11.0. The van der Waals surface area contributed by atoms with Gasteiger partial charge in [-0.1, -0.05) is 12.1 Å². The van der Waals surface area contributed by atoms with Crippen LogP contribution >= 0.6 is 0 Å². The molecule has 0 spiro atoms. The molecule has 1 aromatic heterocycles. The molecule has 1 aromatic carbocycles. The van der Waals surface area contributed by atoms with Crippen LogP contribution in [0.2, 0.25) is 0 Å². The number of amides is 2. The van der Waals surface area contributed by atoms with Gasteiger partial charge in [-0.15, -0.1) is 0 Å². The van der Waals surface area contributed by atoms with Crippen LogP contribution in [0.3, 0.4) is 0 Å². The number of rotatable bonds is 6. The first-order valence-electron chi connectivity index (χ1n) is 6.97. The van der Waals surface area contributed by atoms with Gasteiger partial charge in [0.2, 0.25) is 5.91 Å². The third-order valence-corrected chi connectivity index (χ3v) is 3.37. The first kappa shape index (κ1) is 16.4. The summed E-state index contributed by atoms with van der Waals surface area (Å²) in [6.07, 6.45) is 1.68. The van der Waals surface area contributed by atoms with Gasteiger partial charge in [0.1, 0.15) is 11.4 Å². The molecule has 0 aliphatic rings. The number of primary amides is 1. The Balaban J connectivity index is 2.01. The number of aromatic amines is 1. The minimum absolute atomic E-state index is 0.0140. The molecule has 0 bridgehead atoms. The quantitative estimate of drug-likeness (QED) is 0.726. The maximum atomic E-state index is 12.9. The minimum atomic E-state index is -0.660. The highest BCUT2D eigenvalue weighted by Crippen LogP contribution is 2.09. The highest BCUT2D eigenvalue weighted by molar-refractivity contribution is 5.94. The van der Waals surface area contributed by atoms with Crippen molar-refractivity contribution in [2.45, 2.75) is 6.42 Å². The van der Waals surface area contributed by atoms with E-state index in [1.807, 2.05) is 0 Å². The predicted octanol–water partition coefficient (Wildman–Crippen LogP) is 0.588. The van der Waals surface area contributed by atoms with Gasteiger partial charge in [0.25, 0.3) is 11.5 Å². The zero-order valence-corrected chi connectivity index (χ0v) is 12.2. The van der Waals surface area contributed by atoms with E-state index in [9.17, 15) is 18.8 Å². The van der Waals surface area contributed by atoms with Crippen LogP contribution < -0.4 is 16.6 Å². The molecule has 0 fully saturated rings. The largest absolute Gasteiger partial charge is 0.369 e. The molecule has 120 valence electrons. The maximum absolute atomic E-state index is 12.9. The topological polar surface area (TPSA) is 105 Å². The molecule has 2 rings (SSSR count). The number of H-pyrrole nitrogens is 1. The molecule has 1 heterocycles. The zero-order chi connectivity index (χ0) is 16.8. The molecule has 0 radical (unpaired) electrons. The van der Waals surface area contributed by atoms with Gasteiger partial charge >= 0.3 is 0 Å². The molecule has 0 saturated heterocycles. The summed E-state index contributed by atoms with van der Waals surface area (Å²) in [7, 11) is 0. The lowest BCUT2D eigenvalue weighted by atomic mass is 9.98. The molecule has 2 amide bonds. The number of hydrogen-bond acceptors (Lipinski definition) is 3. The second-order valence-corrected chi connectivity index (χ2v) is 5.05. The number of halogens is 1. The number of nitrogens with two attached hydrogens (primary N) is 1. The molecule has 0 aliphatic heterocycles. The molecule has 1 atom stereocenters. The number of aromatic nitrogens is 1. The Morgan fingerprint density at radius 3 is 2.52 bits per heavy atom. The Kier molecular flexibility index (Phi) is 5.24. The normalized spacial score (nSPS) is 11.7. The fourth-order valence-electron chi connectivity index (χ4n) is 2.09. The third-order valence-electron chi connectivity index (χ3n) is 3.37. The number of pyridine rings is 1. The van der Waals surface area contributed by atoms with Crippen LogP contribution in [0.4, 0.5) is 4.39 Å². The second-order valence-electron chi connectivity index (χ2n) is 5.05. The average Bonchev–Trinajstić information content (AvgIpc) is 2.53. The van der Waals surface area contributed by atoms with Crippen LogP contribution in [0.1, 0.15) is 15.9 Å². The van der Waals surface area contributed by atoms with Crippen LogP contribution in [0, 0.1) is 11.7 Å². The number of carbonyl (C=O) groups is 2. The van der Waals surface area contributed by atoms with E-state index >= 15 is 0 Å². The summed E-state index contributed by atoms with van der Waals surface area (Å²) < 4.78 is 12.9. The Bertz CT molecular complexity index is 756. The summed E-state index contributed by atoms with van der Waals surface area (Å²) in [5.41, 5.74) is 5.50. The Morgan fingerprint density at radius 1 is 1.22 bits per heavy atom. The van der Waals surface area contributed by atoms with E-state index in [1.165, 1.54) is 30.5 Å². The van der Waals surface area contributed by atoms with Crippen molar-refractivity contribution >= 4 is 11.8 Å². The summed E-state index contributed by atoms with van der Waals surface area (Å²) in [6.45, 7) is -0.0140. The van der Waals surface area contributed by atoms with Crippen LogP contribution in [-0.4, -0.2) is 23.3 Å². The number of nitrogens with one attached hydrogen (secondary N) is 2. The molecule has 4 N–H and O–H groups in total. The lowest BCUT2D eigenvalue weighted by Gasteiger charge is -2.14. The molecular formula is C16H16FN3O3. The number of benzene rings is 1. The molecular weight excluding hydrogens is 301 g/mol. The lowest BCUT2D eigenvalue weighted by molar-refractivity contribution is -0.121. The van der Waals surface area contributed by atoms with Crippen molar-refractivity contribution in [2.24, 2.45) is 11.7 Å². The van der Waals surface area contributed by atoms with E-state index in [1.54, 1.807) is 12.1 Å². The van der Waals surface area contributed by atoms with E-state index in [4.69, 9.17) is 5.73 Å². The van der Waals surface area contributed by atoms with Crippen molar-refractivity contribution < 1.29 is 14.0 Å². The molecule has 0 aliphatic carbocycles. The van der Waals surface area contributed by atoms with Crippen molar-refractivity contribution in [1.29, 1.82) is 0 Å². The predicted molar refractivity (Wildman–Crippen MR) is 82.2 cm³/mol. The van der Waals surface area contributed by atoms with Gasteiger partial charge in [0, 0.05) is 12.7 Å². The molecule has 23 heavy (non-hydrogen) atoms. The van der Waals surface area contributed by atoms with Crippen molar-refractivity contribution in [3.8, 4) is 0 Å². The number of hydrogen-bond donors (Lipinski definition) is 3. The Morgan fingerprint density at radius 2 is 1.91 bits per heavy atom. The summed E-state index contributed by atoms with van der Waals surface area (Å²) in [6, 6.07) is 8.59. The second kappa shape index (κ2) is 7.35. The van der Waals surface area contributed by atoms with Crippen LogP contribution in [0.15, 0.2) is 47.4 Å². The molecule has 1 unspecified atom stereocenters. The van der Waals surface area contributed by atoms with Crippen molar-refractivity contribution in [1.82, 2.24) is 10.3 Å². The third kappa shape index (κ3) is 4.50. The van der Waals surface area contributed by atoms with E-state index in [0.717, 1.165) is 5.56 Å². The van der Waals surface area contributed by atoms with Gasteiger partial charge in [-0.25, -0.2) is 4.39 Å². The van der Waals surface area contributed by atoms with Gasteiger partial charge in [-0.3, -0.25) is 14.4 Å². The summed E-state index contributed by atoms with van der Waals surface area (Å²) in [5.74, 6) is -2.21. The molecule has 2 aromatic rings. The SMILES string of the molecule is NC(=O)C(CNC(=O)c1ccc[nH]c1=O)Cc1ccc(F)cc1. The van der Waals surface area contributed by atoms with Crippen LogP contribution in [0.5, 0.6) is 0 Å². The van der Waals surface area contributed by atoms with Gasteiger partial charge < -0.3 is 16.0 Å². The lowest BCUT2D eigenvalue weighted by Crippen LogP contribution is -2.38. The van der Waals surface area contributed by atoms with E-state index in [-0.39, 0.29) is 24.3 Å². The molecule has 6 nitrogen and oxygen atoms in total. The summed E-state index contributed by atoms with van der Waals surface area (Å²) in [4.78, 5) is 37.4. The van der Waals surface area contributed by atoms with Crippen LogP contribution in [-0.2, 0) is 11.2 Å². The summed E-state index contributed by atoms with van der Waals surface area (Å²) >= 11 is 0. The van der Waals surface area contributed by atoms with Gasteiger partial charge in [0.15, 0.2) is 0 Å². The highest BCUT2D eigenvalue weighted by atomic mass is 19.1. The average molecular weight is 317 g/mol. The first-order valence-corrected chi connectivity index (χ1v) is 6.97. The summed E-state index contributed by atoms with van der Waals surface area (Å²) in [5, 5.41) is 2.52. The fourth-order valence-corrected chi connectivity index (χ4v) is 2.09. The zero-order valence-electron chi connectivity index (χ0n) is 12.2. The van der Waals surface area contributed by atoms with E-state index in [0.29, 0.717) is 0 Å². The fraction of sp³-hybridized carbons (Fsp3) is 0.188. The van der Waals surface area contributed by atoms with E-state index < -0.39 is 23.3 Å². The Labute approximate surface area is 131 Å². The van der Waals surface area contributed by atoms with Crippen molar-refractivity contribution in [3.05, 3.63) is 69.9 Å². The highest BCUT2D eigenvalue weighted by Gasteiger charge is 2.18. The maximum Gasteiger partial charge on any atom is 0.260 e. The minimum Gasteiger partial charge on any atom is -0.369 e. The monoisotopic (exact) mass is 317 g/mol. The molecule has 7 heteroatoms. The van der Waals surface area contributed by atoms with Gasteiger partial charge in [-0.05, 0) is 36.2 Å². The molecule has 0 saturated carbocycles. The van der Waals surface area contributed by atoms with Crippen molar-refractivity contribution in [2.75, 3.05) is 6.54 Å². The number of carbonyl (C=O) groups excluding carboxylic acids is 2. The van der Waals surface area contributed by atoms with E-state index in [2.05, 4.69) is 10.3 Å². The van der Waals surface area contributed by atoms with Crippen molar-refractivity contribution in [3.63, 3.8) is 0 Å². The Hall–Kier alpha value is -2.96. The smallest absolute Gasteiger partial charge is 0.260 e. The van der Waals surface area contributed by atoms with Gasteiger partial charge in [0.05, 0.1) is 5.92 Å².